The summed E-state index contributed by atoms with van der Waals surface area (Å²) in [6, 6.07) is 12.7. The summed E-state index contributed by atoms with van der Waals surface area (Å²) < 4.78 is 34.9. The van der Waals surface area contributed by atoms with Crippen molar-refractivity contribution < 1.29 is 41.6 Å². The van der Waals surface area contributed by atoms with Crippen molar-refractivity contribution in [3.05, 3.63) is 63.9 Å². The molecule has 1 saturated heterocycles. The van der Waals surface area contributed by atoms with Gasteiger partial charge in [-0.05, 0) is 34.7 Å². The van der Waals surface area contributed by atoms with Crippen molar-refractivity contribution in [1.29, 1.82) is 0 Å². The molecule has 2 aliphatic rings. The van der Waals surface area contributed by atoms with E-state index in [1.807, 2.05) is 24.3 Å². The lowest BCUT2D eigenvalue weighted by atomic mass is 10.0. The van der Waals surface area contributed by atoms with Gasteiger partial charge in [0.05, 0.1) is 37.4 Å². The second-order valence-electron chi connectivity index (χ2n) is 9.00. The van der Waals surface area contributed by atoms with E-state index in [2.05, 4.69) is 16.8 Å². The summed E-state index contributed by atoms with van der Waals surface area (Å²) >= 11 is 0. The molecule has 0 spiro atoms. The lowest BCUT2D eigenvalue weighted by Crippen LogP contribution is -3.00. The molecule has 7 nitrogen and oxygen atoms in total. The first kappa shape index (κ1) is 24.3. The maximum atomic E-state index is 12.9. The molecule has 2 aromatic carbocycles. The molecule has 0 unspecified atom stereocenters. The number of halogens is 1. The van der Waals surface area contributed by atoms with Crippen LogP contribution in [0.1, 0.15) is 17.5 Å². The minimum absolute atomic E-state index is 0. The molecule has 33 heavy (non-hydrogen) atoms. The highest BCUT2D eigenvalue weighted by Crippen LogP contribution is 2.38. The van der Waals surface area contributed by atoms with E-state index in [0.29, 0.717) is 18.4 Å². The summed E-state index contributed by atoms with van der Waals surface area (Å²) in [5, 5.41) is 1.58. The molecular formula is C24H28IN3O4S. The number of sulfonamides is 1. The van der Waals surface area contributed by atoms with Crippen LogP contribution < -0.4 is 34.3 Å². The monoisotopic (exact) mass is 581 g/mol. The summed E-state index contributed by atoms with van der Waals surface area (Å²) in [5.74, 6) is 0. The molecule has 9 heteroatoms. The molecule has 1 aromatic heterocycles. The first-order chi connectivity index (χ1) is 15.4. The Hall–Kier alpha value is -1.79. The fourth-order valence-electron chi connectivity index (χ4n) is 4.82. The number of benzene rings is 2. The molecule has 2 N–H and O–H groups in total. The Balaban J connectivity index is 0.00000259. The van der Waals surface area contributed by atoms with E-state index in [0.717, 1.165) is 71.5 Å². The Labute approximate surface area is 210 Å². The van der Waals surface area contributed by atoms with Crippen LogP contribution in [-0.2, 0) is 21.2 Å². The molecule has 0 saturated carbocycles. The number of likely N-dealkylation sites (N-methyl/N-ethyl adjacent to an activating group) is 1. The van der Waals surface area contributed by atoms with E-state index in [1.165, 1.54) is 0 Å². The topological polar surface area (TPSA) is 88.3 Å². The third-order valence-electron chi connectivity index (χ3n) is 6.78. The number of nitrogens with zero attached hydrogens (tertiary/aromatic N) is 1. The maximum Gasteiger partial charge on any atom is 0.256 e. The van der Waals surface area contributed by atoms with Crippen LogP contribution in [0.4, 0.5) is 0 Å². The number of aromatic amines is 1. The van der Waals surface area contributed by atoms with Gasteiger partial charge < -0.3 is 38.2 Å². The van der Waals surface area contributed by atoms with Gasteiger partial charge in [0.25, 0.3) is 5.56 Å². The van der Waals surface area contributed by atoms with Crippen molar-refractivity contribution in [1.82, 2.24) is 9.71 Å². The van der Waals surface area contributed by atoms with Crippen LogP contribution in [0, 0.1) is 0 Å². The average Bonchev–Trinajstić information content (AvgIpc) is 3.15. The summed E-state index contributed by atoms with van der Waals surface area (Å²) in [5.41, 5.74) is 3.53. The largest absolute Gasteiger partial charge is 1.00 e. The van der Waals surface area contributed by atoms with Crippen molar-refractivity contribution in [3.8, 4) is 11.3 Å². The van der Waals surface area contributed by atoms with Gasteiger partial charge in [-0.25, -0.2) is 13.1 Å². The van der Waals surface area contributed by atoms with E-state index < -0.39 is 10.0 Å². The number of fused-ring (bicyclic) bond motifs is 5. The smallest absolute Gasteiger partial charge is 0.256 e. The van der Waals surface area contributed by atoms with Crippen molar-refractivity contribution in [2.24, 2.45) is 0 Å². The minimum Gasteiger partial charge on any atom is -1.00 e. The molecule has 176 valence electrons. The van der Waals surface area contributed by atoms with E-state index >= 15 is 0 Å². The number of morpholine rings is 1. The second kappa shape index (κ2) is 9.46. The number of rotatable bonds is 6. The second-order valence-corrected chi connectivity index (χ2v) is 10.8. The number of pyridine rings is 1. The third-order valence-corrected chi connectivity index (χ3v) is 8.24. The Morgan fingerprint density at radius 2 is 1.82 bits per heavy atom. The Kier molecular flexibility index (Phi) is 6.97. The molecule has 0 bridgehead atoms. The zero-order chi connectivity index (χ0) is 22.3. The fourth-order valence-corrected chi connectivity index (χ4v) is 5.95. The number of quaternary nitrogens is 1. The van der Waals surface area contributed by atoms with Crippen LogP contribution >= 0.6 is 0 Å². The highest BCUT2D eigenvalue weighted by Gasteiger charge is 2.26. The predicted octanol–water partition coefficient (Wildman–Crippen LogP) is -0.751. The lowest BCUT2D eigenvalue weighted by Gasteiger charge is -2.37. The molecular weight excluding hydrogens is 553 g/mol. The normalized spacial score (nSPS) is 16.8. The standard InChI is InChI=1S/C24H27N3O4S.HI/c1-27(11-13-31-14-12-27)10-4-9-25-32(29,30)18-7-8-19-17(15-18)16-22-20-5-2-3-6-21(20)24(28)26-23(19)22;/h2-3,5-8,15,25H,4,9-14,16H2,1H3;1H. The number of aromatic nitrogens is 1. The molecule has 1 aliphatic carbocycles. The van der Waals surface area contributed by atoms with Crippen molar-refractivity contribution in [2.45, 2.75) is 17.7 Å². The van der Waals surface area contributed by atoms with Gasteiger partial charge in [-0.1, -0.05) is 24.3 Å². The average molecular weight is 581 g/mol. The SMILES string of the molecule is C[N+]1(CCCNS(=O)(=O)c2ccc3c(c2)Cc2c-3[nH]c(=O)c3ccccc23)CCOCC1.[I-]. The van der Waals surface area contributed by atoms with Crippen LogP contribution in [0.5, 0.6) is 0 Å². The molecule has 2 heterocycles. The van der Waals surface area contributed by atoms with Crippen molar-refractivity contribution in [3.63, 3.8) is 0 Å². The summed E-state index contributed by atoms with van der Waals surface area (Å²) in [6.07, 6.45) is 1.38. The zero-order valence-corrected chi connectivity index (χ0v) is 21.5. The molecule has 0 radical (unpaired) electrons. The van der Waals surface area contributed by atoms with Crippen molar-refractivity contribution >= 4 is 20.8 Å². The van der Waals surface area contributed by atoms with Gasteiger partial charge in [0.2, 0.25) is 10.0 Å². The molecule has 5 rings (SSSR count). The lowest BCUT2D eigenvalue weighted by molar-refractivity contribution is -0.916. The van der Waals surface area contributed by atoms with Gasteiger partial charge in [0.1, 0.15) is 13.1 Å². The quantitative estimate of drug-likeness (QED) is 0.178. The molecule has 1 aliphatic heterocycles. The summed E-state index contributed by atoms with van der Waals surface area (Å²) in [7, 11) is -1.40. The molecule has 1 fully saturated rings. The van der Waals surface area contributed by atoms with Crippen LogP contribution in [0.15, 0.2) is 52.2 Å². The van der Waals surface area contributed by atoms with E-state index in [-0.39, 0.29) is 34.4 Å². The number of nitrogens with one attached hydrogen (secondary N) is 2. The molecule has 3 aromatic rings. The maximum absolute atomic E-state index is 12.9. The van der Waals surface area contributed by atoms with E-state index in [9.17, 15) is 13.2 Å². The highest BCUT2D eigenvalue weighted by atomic mass is 127. The third kappa shape index (κ3) is 4.74. The van der Waals surface area contributed by atoms with Gasteiger partial charge >= 0.3 is 0 Å². The van der Waals surface area contributed by atoms with Crippen LogP contribution in [-0.4, -0.2) is 64.3 Å². The Morgan fingerprint density at radius 3 is 2.58 bits per heavy atom. The Morgan fingerprint density at radius 1 is 1.09 bits per heavy atom. The van der Waals surface area contributed by atoms with Crippen LogP contribution in [0.3, 0.4) is 0 Å². The van der Waals surface area contributed by atoms with Crippen LogP contribution in [0.25, 0.3) is 22.0 Å². The molecule has 0 amide bonds. The number of H-pyrrole nitrogens is 1. The number of ether oxygens (including phenoxy) is 1. The van der Waals surface area contributed by atoms with Crippen molar-refractivity contribution in [2.75, 3.05) is 46.4 Å². The van der Waals surface area contributed by atoms with Crippen LogP contribution in [0.2, 0.25) is 0 Å². The van der Waals surface area contributed by atoms with E-state index in [1.54, 1.807) is 18.2 Å². The van der Waals surface area contributed by atoms with Gasteiger partial charge in [-0.3, -0.25) is 4.79 Å². The van der Waals surface area contributed by atoms with Gasteiger partial charge in [-0.2, -0.15) is 0 Å². The minimum atomic E-state index is -3.60. The zero-order valence-electron chi connectivity index (χ0n) is 18.6. The first-order valence-electron chi connectivity index (χ1n) is 11.0. The van der Waals surface area contributed by atoms with E-state index in [4.69, 9.17) is 4.74 Å². The predicted molar refractivity (Wildman–Crippen MR) is 124 cm³/mol. The van der Waals surface area contributed by atoms with Gasteiger partial charge in [-0.15, -0.1) is 0 Å². The highest BCUT2D eigenvalue weighted by molar-refractivity contribution is 7.89. The number of hydrogen-bond acceptors (Lipinski definition) is 4. The van der Waals surface area contributed by atoms with Gasteiger partial charge in [0.15, 0.2) is 0 Å². The fraction of sp³-hybridized carbons (Fsp3) is 0.375. The summed E-state index contributed by atoms with van der Waals surface area (Å²) in [4.78, 5) is 15.7. The number of hydrogen-bond donors (Lipinski definition) is 2. The first-order valence-corrected chi connectivity index (χ1v) is 12.5. The Bertz CT molecular complexity index is 1350. The summed E-state index contributed by atoms with van der Waals surface area (Å²) in [6.45, 7) is 4.79. The molecule has 0 atom stereocenters. The van der Waals surface area contributed by atoms with Gasteiger partial charge in [0, 0.05) is 30.3 Å².